The number of benzene rings is 3. The van der Waals surface area contributed by atoms with Crippen molar-refractivity contribution in [2.45, 2.75) is 13.8 Å². The van der Waals surface area contributed by atoms with Gasteiger partial charge in [-0.05, 0) is 36.9 Å². The van der Waals surface area contributed by atoms with Crippen LogP contribution in [-0.2, 0) is 4.79 Å². The number of fused-ring (bicyclic) bond motifs is 1. The summed E-state index contributed by atoms with van der Waals surface area (Å²) in [6.07, 6.45) is 0. The van der Waals surface area contributed by atoms with E-state index < -0.39 is 0 Å². The summed E-state index contributed by atoms with van der Waals surface area (Å²) < 4.78 is 11.4. The van der Waals surface area contributed by atoms with Crippen molar-refractivity contribution in [3.63, 3.8) is 0 Å². The fourth-order valence-corrected chi connectivity index (χ4v) is 2.83. The molecule has 0 aliphatic carbocycles. The molecule has 3 rings (SSSR count). The van der Waals surface area contributed by atoms with Crippen molar-refractivity contribution < 1.29 is 14.3 Å². The Kier molecular flexibility index (Phi) is 5.74. The largest absolute Gasteiger partial charge is 0.491 e. The summed E-state index contributed by atoms with van der Waals surface area (Å²) >= 11 is 0. The molecule has 0 fully saturated rings. The molecule has 3 aromatic rings. The first-order valence-electron chi connectivity index (χ1n) is 8.71. The molecule has 0 saturated heterocycles. The molecule has 3 aromatic carbocycles. The first-order chi connectivity index (χ1) is 12.6. The van der Waals surface area contributed by atoms with E-state index in [1.165, 1.54) is 5.56 Å². The summed E-state index contributed by atoms with van der Waals surface area (Å²) in [6.45, 7) is 4.83. The third-order valence-corrected chi connectivity index (χ3v) is 4.12. The third-order valence-electron chi connectivity index (χ3n) is 4.12. The monoisotopic (exact) mass is 349 g/mol. The summed E-state index contributed by atoms with van der Waals surface area (Å²) in [5, 5.41) is 5.02. The minimum absolute atomic E-state index is 0.00182. The van der Waals surface area contributed by atoms with Crippen LogP contribution in [0.5, 0.6) is 11.5 Å². The number of carbonyl (C=O) groups is 1. The van der Waals surface area contributed by atoms with E-state index in [4.69, 9.17) is 9.47 Å². The van der Waals surface area contributed by atoms with Gasteiger partial charge in [-0.3, -0.25) is 4.79 Å². The zero-order chi connectivity index (χ0) is 18.4. The Morgan fingerprint density at radius 2 is 1.73 bits per heavy atom. The lowest BCUT2D eigenvalue weighted by atomic mass is 10.1. The standard InChI is InChI=1S/C22H23NO3/c1-16-10-11-20(17(2)14-16)26-15-22(24)23-12-13-25-21-9-5-7-18-6-3-4-8-19(18)21/h3-11,14H,12-13,15H2,1-2H3,(H,23,24). The van der Waals surface area contributed by atoms with Gasteiger partial charge in [0.2, 0.25) is 0 Å². The van der Waals surface area contributed by atoms with Crippen LogP contribution in [-0.4, -0.2) is 25.7 Å². The van der Waals surface area contributed by atoms with Gasteiger partial charge in [-0.1, -0.05) is 54.1 Å². The molecule has 0 aromatic heterocycles. The smallest absolute Gasteiger partial charge is 0.258 e. The normalized spacial score (nSPS) is 10.5. The molecule has 0 bridgehead atoms. The van der Waals surface area contributed by atoms with Crippen molar-refractivity contribution in [2.24, 2.45) is 0 Å². The second-order valence-corrected chi connectivity index (χ2v) is 6.23. The summed E-state index contributed by atoms with van der Waals surface area (Å²) in [6, 6.07) is 19.9. The highest BCUT2D eigenvalue weighted by atomic mass is 16.5. The predicted octanol–water partition coefficient (Wildman–Crippen LogP) is 4.03. The molecule has 0 spiro atoms. The van der Waals surface area contributed by atoms with Crippen molar-refractivity contribution in [3.05, 3.63) is 71.8 Å². The van der Waals surface area contributed by atoms with Crippen molar-refractivity contribution >= 4 is 16.7 Å². The highest BCUT2D eigenvalue weighted by Gasteiger charge is 2.05. The van der Waals surface area contributed by atoms with Gasteiger partial charge in [0.25, 0.3) is 5.91 Å². The van der Waals surface area contributed by atoms with Crippen LogP contribution in [0.15, 0.2) is 60.7 Å². The number of hydrogen-bond donors (Lipinski definition) is 1. The second-order valence-electron chi connectivity index (χ2n) is 6.23. The average Bonchev–Trinajstić information content (AvgIpc) is 2.64. The number of ether oxygens (including phenoxy) is 2. The van der Waals surface area contributed by atoms with Crippen molar-refractivity contribution in [1.29, 1.82) is 0 Å². The summed E-state index contributed by atoms with van der Waals surface area (Å²) in [5.74, 6) is 1.40. The highest BCUT2D eigenvalue weighted by Crippen LogP contribution is 2.24. The molecule has 4 heteroatoms. The second kappa shape index (κ2) is 8.39. The minimum atomic E-state index is -0.161. The Balaban J connectivity index is 1.44. The van der Waals surface area contributed by atoms with Crippen LogP contribution in [0, 0.1) is 13.8 Å². The Morgan fingerprint density at radius 1 is 0.923 bits per heavy atom. The molecule has 0 atom stereocenters. The van der Waals surface area contributed by atoms with Gasteiger partial charge in [-0.25, -0.2) is 0 Å². The number of hydrogen-bond acceptors (Lipinski definition) is 3. The van der Waals surface area contributed by atoms with Crippen LogP contribution in [0.3, 0.4) is 0 Å². The predicted molar refractivity (Wildman–Crippen MR) is 104 cm³/mol. The Bertz CT molecular complexity index is 900. The Hall–Kier alpha value is -3.01. The van der Waals surface area contributed by atoms with Crippen molar-refractivity contribution in [1.82, 2.24) is 5.32 Å². The molecule has 1 N–H and O–H groups in total. The maximum atomic E-state index is 11.9. The van der Waals surface area contributed by atoms with E-state index in [0.29, 0.717) is 13.2 Å². The highest BCUT2D eigenvalue weighted by molar-refractivity contribution is 5.88. The lowest BCUT2D eigenvalue weighted by Crippen LogP contribution is -2.32. The maximum Gasteiger partial charge on any atom is 0.258 e. The molecule has 26 heavy (non-hydrogen) atoms. The molecular formula is C22H23NO3. The Morgan fingerprint density at radius 3 is 2.58 bits per heavy atom. The van der Waals surface area contributed by atoms with Gasteiger partial charge in [0.05, 0.1) is 6.54 Å². The Labute approximate surface area is 153 Å². The SMILES string of the molecule is Cc1ccc(OCC(=O)NCCOc2cccc3ccccc23)c(C)c1. The van der Waals surface area contributed by atoms with Crippen LogP contribution >= 0.6 is 0 Å². The maximum absolute atomic E-state index is 11.9. The minimum Gasteiger partial charge on any atom is -0.491 e. The van der Waals surface area contributed by atoms with Gasteiger partial charge in [-0.15, -0.1) is 0 Å². The molecule has 1 amide bonds. The molecular weight excluding hydrogens is 326 g/mol. The molecule has 0 unspecified atom stereocenters. The fraction of sp³-hybridized carbons (Fsp3) is 0.227. The molecule has 0 radical (unpaired) electrons. The van der Waals surface area contributed by atoms with E-state index in [2.05, 4.69) is 5.32 Å². The van der Waals surface area contributed by atoms with Gasteiger partial charge >= 0.3 is 0 Å². The van der Waals surface area contributed by atoms with Crippen molar-refractivity contribution in [3.8, 4) is 11.5 Å². The lowest BCUT2D eigenvalue weighted by molar-refractivity contribution is -0.123. The van der Waals surface area contributed by atoms with Gasteiger partial charge in [0, 0.05) is 5.39 Å². The molecule has 0 saturated carbocycles. The van der Waals surface area contributed by atoms with Crippen LogP contribution in [0.1, 0.15) is 11.1 Å². The number of nitrogens with one attached hydrogen (secondary N) is 1. The van der Waals surface area contributed by atoms with Crippen LogP contribution in [0.2, 0.25) is 0 Å². The fourth-order valence-electron chi connectivity index (χ4n) is 2.83. The average molecular weight is 349 g/mol. The zero-order valence-corrected chi connectivity index (χ0v) is 15.1. The number of amides is 1. The van der Waals surface area contributed by atoms with Gasteiger partial charge in [0.1, 0.15) is 18.1 Å². The van der Waals surface area contributed by atoms with E-state index in [1.807, 2.05) is 74.5 Å². The van der Waals surface area contributed by atoms with E-state index in [-0.39, 0.29) is 12.5 Å². The lowest BCUT2D eigenvalue weighted by Gasteiger charge is -2.11. The van der Waals surface area contributed by atoms with E-state index in [9.17, 15) is 4.79 Å². The zero-order valence-electron chi connectivity index (χ0n) is 15.1. The number of rotatable bonds is 7. The third kappa shape index (κ3) is 4.54. The van der Waals surface area contributed by atoms with Crippen LogP contribution < -0.4 is 14.8 Å². The summed E-state index contributed by atoms with van der Waals surface area (Å²) in [4.78, 5) is 11.9. The topological polar surface area (TPSA) is 47.6 Å². The van der Waals surface area contributed by atoms with Gasteiger partial charge in [-0.2, -0.15) is 0 Å². The molecule has 0 aliphatic rings. The van der Waals surface area contributed by atoms with Crippen LogP contribution in [0.25, 0.3) is 10.8 Å². The summed E-state index contributed by atoms with van der Waals surface area (Å²) in [5.41, 5.74) is 2.20. The number of carbonyl (C=O) groups excluding carboxylic acids is 1. The van der Waals surface area contributed by atoms with Gasteiger partial charge in [0.15, 0.2) is 6.61 Å². The first kappa shape index (κ1) is 17.8. The quantitative estimate of drug-likeness (QED) is 0.655. The first-order valence-corrected chi connectivity index (χ1v) is 8.71. The number of aryl methyl sites for hydroxylation is 2. The molecule has 4 nitrogen and oxygen atoms in total. The van der Waals surface area contributed by atoms with Crippen molar-refractivity contribution in [2.75, 3.05) is 19.8 Å². The van der Waals surface area contributed by atoms with E-state index in [1.54, 1.807) is 0 Å². The van der Waals surface area contributed by atoms with Crippen LogP contribution in [0.4, 0.5) is 0 Å². The van der Waals surface area contributed by atoms with E-state index >= 15 is 0 Å². The summed E-state index contributed by atoms with van der Waals surface area (Å²) in [7, 11) is 0. The van der Waals surface area contributed by atoms with E-state index in [0.717, 1.165) is 27.8 Å². The van der Waals surface area contributed by atoms with Gasteiger partial charge < -0.3 is 14.8 Å². The molecule has 134 valence electrons. The molecule has 0 heterocycles. The molecule has 0 aliphatic heterocycles.